The lowest BCUT2D eigenvalue weighted by molar-refractivity contribution is -0.386. The molecule has 166 valence electrons. The van der Waals surface area contributed by atoms with Gasteiger partial charge in [0, 0.05) is 19.2 Å². The Morgan fingerprint density at radius 3 is 2.81 bits per heavy atom. The fourth-order valence-electron chi connectivity index (χ4n) is 3.07. The third-order valence-electron chi connectivity index (χ3n) is 4.49. The zero-order chi connectivity index (χ0) is 22.8. The number of hydrogen-bond donors (Lipinski definition) is 0. The highest BCUT2D eigenvalue weighted by Gasteiger charge is 2.28. The van der Waals surface area contributed by atoms with Crippen LogP contribution in [0.1, 0.15) is 12.1 Å². The molecule has 4 aromatic heterocycles. The normalized spacial score (nSPS) is 11.1. The van der Waals surface area contributed by atoms with Crippen molar-refractivity contribution in [3.05, 3.63) is 44.7 Å². The first-order valence-corrected chi connectivity index (χ1v) is 9.93. The first-order chi connectivity index (χ1) is 15.4. The Balaban J connectivity index is 1.53. The van der Waals surface area contributed by atoms with Gasteiger partial charge in [-0.15, -0.1) is 10.2 Å². The summed E-state index contributed by atoms with van der Waals surface area (Å²) >= 11 is 12.0. The minimum atomic E-state index is -0.547. The Hall–Kier alpha value is -3.58. The first kappa shape index (κ1) is 21.6. The summed E-state index contributed by atoms with van der Waals surface area (Å²) in [5.74, 6) is 0.0442. The standard InChI is InChI=1S/C17H15Cl2N9O4/c1-9-12(28(29)30)16(25-27(9)11-4-5-21-23-15(11)31-2)32-7-3-6-26-14-10(13(18)24-26)8-20-17(19)22-14/h4-5,8H,3,6-7H2,1-2H3. The van der Waals surface area contributed by atoms with Crippen LogP contribution in [0.5, 0.6) is 11.8 Å². The highest BCUT2D eigenvalue weighted by atomic mass is 35.5. The number of fused-ring (bicyclic) bond motifs is 1. The second-order valence-electron chi connectivity index (χ2n) is 6.43. The largest absolute Gasteiger partial charge is 0.478 e. The van der Waals surface area contributed by atoms with E-state index < -0.39 is 4.92 Å². The van der Waals surface area contributed by atoms with Crippen LogP contribution in [0.4, 0.5) is 5.69 Å². The molecule has 0 radical (unpaired) electrons. The molecule has 32 heavy (non-hydrogen) atoms. The molecule has 0 N–H and O–H groups in total. The van der Waals surface area contributed by atoms with E-state index in [4.69, 9.17) is 32.7 Å². The van der Waals surface area contributed by atoms with Crippen LogP contribution in [-0.2, 0) is 6.54 Å². The lowest BCUT2D eigenvalue weighted by Gasteiger charge is -2.06. The van der Waals surface area contributed by atoms with Gasteiger partial charge in [-0.3, -0.25) is 10.1 Å². The molecule has 0 spiro atoms. The molecule has 0 fully saturated rings. The summed E-state index contributed by atoms with van der Waals surface area (Å²) in [4.78, 5) is 19.1. The van der Waals surface area contributed by atoms with E-state index in [0.717, 1.165) is 0 Å². The van der Waals surface area contributed by atoms with Gasteiger partial charge in [-0.1, -0.05) is 11.6 Å². The Bertz CT molecular complexity index is 1310. The number of nitro groups is 1. The molecule has 0 saturated carbocycles. The Morgan fingerprint density at radius 1 is 1.25 bits per heavy atom. The van der Waals surface area contributed by atoms with Crippen LogP contribution in [0.2, 0.25) is 10.4 Å². The molecular formula is C17H15Cl2N9O4. The van der Waals surface area contributed by atoms with Crippen molar-refractivity contribution in [3.8, 4) is 17.4 Å². The van der Waals surface area contributed by atoms with Crippen molar-refractivity contribution in [3.63, 3.8) is 0 Å². The van der Waals surface area contributed by atoms with Crippen LogP contribution < -0.4 is 9.47 Å². The van der Waals surface area contributed by atoms with Crippen molar-refractivity contribution in [1.29, 1.82) is 0 Å². The van der Waals surface area contributed by atoms with Crippen LogP contribution in [0.25, 0.3) is 16.7 Å². The molecule has 0 aromatic carbocycles. The van der Waals surface area contributed by atoms with E-state index >= 15 is 0 Å². The number of ether oxygens (including phenoxy) is 2. The van der Waals surface area contributed by atoms with Crippen molar-refractivity contribution in [1.82, 2.24) is 39.7 Å². The maximum atomic E-state index is 11.6. The van der Waals surface area contributed by atoms with Gasteiger partial charge in [-0.25, -0.2) is 14.3 Å². The van der Waals surface area contributed by atoms with Crippen LogP contribution in [0.3, 0.4) is 0 Å². The van der Waals surface area contributed by atoms with Crippen molar-refractivity contribution < 1.29 is 14.4 Å². The van der Waals surface area contributed by atoms with Gasteiger partial charge in [0.05, 0.1) is 30.2 Å². The van der Waals surface area contributed by atoms with Gasteiger partial charge in [0.15, 0.2) is 10.8 Å². The summed E-state index contributed by atoms with van der Waals surface area (Å²) in [6.45, 7) is 2.06. The predicted molar refractivity (Wildman–Crippen MR) is 113 cm³/mol. The summed E-state index contributed by atoms with van der Waals surface area (Å²) in [5, 5.41) is 28.6. The van der Waals surface area contributed by atoms with Crippen LogP contribution in [0.15, 0.2) is 18.5 Å². The van der Waals surface area contributed by atoms with Crippen molar-refractivity contribution >= 4 is 39.9 Å². The smallest absolute Gasteiger partial charge is 0.353 e. The zero-order valence-electron chi connectivity index (χ0n) is 16.8. The molecule has 0 bridgehead atoms. The van der Waals surface area contributed by atoms with E-state index in [9.17, 15) is 10.1 Å². The molecule has 0 saturated heterocycles. The summed E-state index contributed by atoms with van der Waals surface area (Å²) in [6.07, 6.45) is 3.37. The summed E-state index contributed by atoms with van der Waals surface area (Å²) < 4.78 is 13.7. The van der Waals surface area contributed by atoms with Gasteiger partial charge in [-0.05, 0) is 24.6 Å². The lowest BCUT2D eigenvalue weighted by atomic mass is 10.3. The van der Waals surface area contributed by atoms with E-state index in [0.29, 0.717) is 29.7 Å². The molecule has 0 atom stereocenters. The third-order valence-corrected chi connectivity index (χ3v) is 4.95. The number of rotatable bonds is 8. The number of hydrogen-bond acceptors (Lipinski definition) is 10. The monoisotopic (exact) mass is 479 g/mol. The number of aryl methyl sites for hydroxylation is 1. The third kappa shape index (κ3) is 3.99. The second-order valence-corrected chi connectivity index (χ2v) is 7.12. The van der Waals surface area contributed by atoms with E-state index in [-0.39, 0.29) is 40.2 Å². The van der Waals surface area contributed by atoms with Crippen molar-refractivity contribution in [2.45, 2.75) is 19.9 Å². The van der Waals surface area contributed by atoms with E-state index in [1.165, 1.54) is 24.2 Å². The molecule has 0 amide bonds. The van der Waals surface area contributed by atoms with Gasteiger partial charge in [0.2, 0.25) is 5.28 Å². The van der Waals surface area contributed by atoms with E-state index in [2.05, 4.69) is 30.4 Å². The summed E-state index contributed by atoms with van der Waals surface area (Å²) in [7, 11) is 1.42. The molecule has 0 aliphatic rings. The molecule has 0 unspecified atom stereocenters. The highest BCUT2D eigenvalue weighted by molar-refractivity contribution is 6.34. The Labute approximate surface area is 190 Å². The van der Waals surface area contributed by atoms with E-state index in [1.807, 2.05) is 0 Å². The average Bonchev–Trinajstić information content (AvgIpc) is 3.27. The molecular weight excluding hydrogens is 465 g/mol. The lowest BCUT2D eigenvalue weighted by Crippen LogP contribution is -2.08. The van der Waals surface area contributed by atoms with Gasteiger partial charge >= 0.3 is 11.6 Å². The van der Waals surface area contributed by atoms with Gasteiger partial charge in [0.1, 0.15) is 11.4 Å². The maximum absolute atomic E-state index is 11.6. The van der Waals surface area contributed by atoms with Crippen molar-refractivity contribution in [2.24, 2.45) is 0 Å². The minimum Gasteiger partial charge on any atom is -0.478 e. The summed E-state index contributed by atoms with van der Waals surface area (Å²) in [6, 6.07) is 1.58. The highest BCUT2D eigenvalue weighted by Crippen LogP contribution is 2.33. The molecule has 4 aromatic rings. The minimum absolute atomic E-state index is 0.0734. The fourth-order valence-corrected chi connectivity index (χ4v) is 3.42. The maximum Gasteiger partial charge on any atom is 0.353 e. The number of methoxy groups -OCH3 is 1. The first-order valence-electron chi connectivity index (χ1n) is 9.18. The number of nitrogens with zero attached hydrogens (tertiary/aromatic N) is 9. The van der Waals surface area contributed by atoms with Gasteiger partial charge in [-0.2, -0.15) is 15.2 Å². The molecule has 0 aliphatic heterocycles. The summed E-state index contributed by atoms with van der Waals surface area (Å²) in [5.41, 5.74) is 0.883. The Morgan fingerprint density at radius 2 is 2.06 bits per heavy atom. The molecule has 15 heteroatoms. The average molecular weight is 480 g/mol. The van der Waals surface area contributed by atoms with Crippen LogP contribution >= 0.6 is 23.2 Å². The molecule has 13 nitrogen and oxygen atoms in total. The zero-order valence-corrected chi connectivity index (χ0v) is 18.3. The van der Waals surface area contributed by atoms with Gasteiger partial charge in [0.25, 0.3) is 5.88 Å². The molecule has 4 heterocycles. The number of halogens is 2. The van der Waals surface area contributed by atoms with Crippen molar-refractivity contribution in [2.75, 3.05) is 13.7 Å². The Kier molecular flexibility index (Phi) is 6.01. The van der Waals surface area contributed by atoms with Crippen LogP contribution in [0, 0.1) is 17.0 Å². The second kappa shape index (κ2) is 8.88. The quantitative estimate of drug-likeness (QED) is 0.159. The van der Waals surface area contributed by atoms with E-state index in [1.54, 1.807) is 17.7 Å². The predicted octanol–water partition coefficient (Wildman–Crippen LogP) is 2.80. The molecule has 0 aliphatic carbocycles. The SMILES string of the molecule is COc1nnccc1-n1nc(OCCCn2nc(Cl)c3cnc(Cl)nc32)c([N+](=O)[O-])c1C. The molecule has 4 rings (SSSR count). The van der Waals surface area contributed by atoms with Crippen LogP contribution in [-0.4, -0.2) is 58.4 Å². The van der Waals surface area contributed by atoms with Gasteiger partial charge < -0.3 is 9.47 Å². The number of aromatic nitrogens is 8. The fraction of sp³-hybridized carbons (Fsp3) is 0.294. The topological polar surface area (TPSA) is 149 Å².